The van der Waals surface area contributed by atoms with Gasteiger partial charge in [-0.15, -0.1) is 0 Å². The van der Waals surface area contributed by atoms with E-state index in [2.05, 4.69) is 34.5 Å². The fourth-order valence-corrected chi connectivity index (χ4v) is 4.50. The van der Waals surface area contributed by atoms with Gasteiger partial charge in [0.2, 0.25) is 10.0 Å². The molecule has 0 spiro atoms. The summed E-state index contributed by atoms with van der Waals surface area (Å²) in [6.45, 7) is 9.52. The summed E-state index contributed by atoms with van der Waals surface area (Å²) in [5.41, 5.74) is 0. The fraction of sp³-hybridized carbons (Fsp3) is 0.625. The number of rotatable bonds is 10. The molecule has 132 valence electrons. The molecule has 2 N–H and O–H groups in total. The van der Waals surface area contributed by atoms with Crippen LogP contribution in [0.2, 0.25) is 0 Å². The number of sulfonamides is 1. The molecular weight excluding hydrogens is 380 g/mol. The zero-order chi connectivity index (χ0) is 17.5. The first-order valence-corrected chi connectivity index (χ1v) is 10.3. The number of quaternary nitrogens is 1. The Labute approximate surface area is 148 Å². The molecule has 0 amide bonds. The highest BCUT2D eigenvalue weighted by atomic mass is 79.9. The average Bonchev–Trinajstić information content (AvgIpc) is 2.51. The van der Waals surface area contributed by atoms with E-state index >= 15 is 0 Å². The first-order valence-electron chi connectivity index (χ1n) is 8.03. The van der Waals surface area contributed by atoms with Gasteiger partial charge in [-0.3, -0.25) is 0 Å². The molecule has 0 fully saturated rings. The van der Waals surface area contributed by atoms with Gasteiger partial charge in [-0.25, -0.2) is 13.1 Å². The summed E-state index contributed by atoms with van der Waals surface area (Å²) in [5.74, 6) is 0.348. The normalized spacial score (nSPS) is 13.3. The van der Waals surface area contributed by atoms with Crippen LogP contribution in [0.25, 0.3) is 0 Å². The average molecular weight is 408 g/mol. The second-order valence-corrected chi connectivity index (χ2v) is 8.26. The molecule has 1 rings (SSSR count). The highest BCUT2D eigenvalue weighted by Gasteiger charge is 2.22. The van der Waals surface area contributed by atoms with Gasteiger partial charge in [-0.1, -0.05) is 15.9 Å². The van der Waals surface area contributed by atoms with Crippen LogP contribution in [0.4, 0.5) is 0 Å². The summed E-state index contributed by atoms with van der Waals surface area (Å²) in [6, 6.07) is 4.86. The van der Waals surface area contributed by atoms with Crippen LogP contribution in [0, 0.1) is 0 Å². The van der Waals surface area contributed by atoms with E-state index in [1.165, 1.54) is 12.0 Å². The molecule has 0 aliphatic heterocycles. The number of hydrogen-bond donors (Lipinski definition) is 2. The van der Waals surface area contributed by atoms with Crippen molar-refractivity contribution in [2.75, 3.05) is 26.7 Å². The highest BCUT2D eigenvalue weighted by Crippen LogP contribution is 2.27. The summed E-state index contributed by atoms with van der Waals surface area (Å²) in [6.07, 6.45) is 1.81. The van der Waals surface area contributed by atoms with E-state index < -0.39 is 10.0 Å². The summed E-state index contributed by atoms with van der Waals surface area (Å²) < 4.78 is 33.8. The Morgan fingerprint density at radius 2 is 1.96 bits per heavy atom. The molecule has 0 aromatic heterocycles. The number of hydrogen-bond acceptors (Lipinski definition) is 3. The molecule has 1 aromatic rings. The van der Waals surface area contributed by atoms with Crippen LogP contribution in [0.15, 0.2) is 27.6 Å². The van der Waals surface area contributed by atoms with Gasteiger partial charge in [0.05, 0.1) is 26.7 Å². The molecule has 5 nitrogen and oxygen atoms in total. The van der Waals surface area contributed by atoms with Gasteiger partial charge in [0.25, 0.3) is 0 Å². The Balaban J connectivity index is 2.69. The Morgan fingerprint density at radius 3 is 2.52 bits per heavy atom. The minimum atomic E-state index is -3.60. The monoisotopic (exact) mass is 407 g/mol. The van der Waals surface area contributed by atoms with Crippen LogP contribution in [0.1, 0.15) is 33.6 Å². The molecular formula is C16H28BrN2O3S+. The number of methoxy groups -OCH3 is 1. The van der Waals surface area contributed by atoms with Gasteiger partial charge in [0, 0.05) is 10.5 Å². The molecule has 0 saturated heterocycles. The van der Waals surface area contributed by atoms with Crippen LogP contribution >= 0.6 is 15.9 Å². The van der Waals surface area contributed by atoms with Crippen molar-refractivity contribution in [2.45, 2.75) is 44.6 Å². The minimum absolute atomic E-state index is 0.112. The maximum atomic E-state index is 12.6. The lowest BCUT2D eigenvalue weighted by Gasteiger charge is -2.18. The van der Waals surface area contributed by atoms with Crippen molar-refractivity contribution in [1.29, 1.82) is 0 Å². The van der Waals surface area contributed by atoms with Gasteiger partial charge >= 0.3 is 0 Å². The topological polar surface area (TPSA) is 59.8 Å². The van der Waals surface area contributed by atoms with Gasteiger partial charge in [-0.2, -0.15) is 0 Å². The zero-order valence-corrected chi connectivity index (χ0v) is 16.8. The zero-order valence-electron chi connectivity index (χ0n) is 14.4. The third kappa shape index (κ3) is 6.41. The van der Waals surface area contributed by atoms with Crippen molar-refractivity contribution in [1.82, 2.24) is 4.72 Å². The van der Waals surface area contributed by atoms with E-state index in [9.17, 15) is 8.42 Å². The number of benzene rings is 1. The summed E-state index contributed by atoms with van der Waals surface area (Å²) in [4.78, 5) is 1.70. The van der Waals surface area contributed by atoms with Crippen molar-refractivity contribution in [2.24, 2.45) is 0 Å². The van der Waals surface area contributed by atoms with Crippen molar-refractivity contribution < 1.29 is 18.1 Å². The van der Waals surface area contributed by atoms with Gasteiger partial charge in [0.1, 0.15) is 10.6 Å². The molecule has 0 aliphatic carbocycles. The molecule has 7 heteroatoms. The third-order valence-electron chi connectivity index (χ3n) is 3.94. The lowest BCUT2D eigenvalue weighted by atomic mass is 10.2. The lowest BCUT2D eigenvalue weighted by Crippen LogP contribution is -3.11. The number of ether oxygens (including phenoxy) is 1. The quantitative estimate of drug-likeness (QED) is 0.621. The van der Waals surface area contributed by atoms with Crippen LogP contribution in [-0.2, 0) is 10.0 Å². The fourth-order valence-electron chi connectivity index (χ4n) is 2.51. The molecule has 0 unspecified atom stereocenters. The van der Waals surface area contributed by atoms with Crippen LogP contribution in [0.5, 0.6) is 5.75 Å². The molecule has 0 heterocycles. The summed E-state index contributed by atoms with van der Waals surface area (Å²) in [7, 11) is -2.13. The molecule has 1 atom stereocenters. The Bertz CT molecular complexity index is 589. The molecule has 0 aliphatic rings. The molecule has 0 radical (unpaired) electrons. The second kappa shape index (κ2) is 9.61. The van der Waals surface area contributed by atoms with E-state index in [0.717, 1.165) is 32.5 Å². The second-order valence-electron chi connectivity index (χ2n) is 5.67. The minimum Gasteiger partial charge on any atom is -0.495 e. The largest absolute Gasteiger partial charge is 0.495 e. The molecule has 0 bridgehead atoms. The molecule has 0 saturated carbocycles. The van der Waals surface area contributed by atoms with E-state index in [1.54, 1.807) is 18.2 Å². The Hall–Kier alpha value is -0.630. The first-order chi connectivity index (χ1) is 10.8. The van der Waals surface area contributed by atoms with Gasteiger partial charge in [-0.05, 0) is 51.8 Å². The highest BCUT2D eigenvalue weighted by molar-refractivity contribution is 9.10. The predicted octanol–water partition coefficient (Wildman–Crippen LogP) is 1.83. The predicted molar refractivity (Wildman–Crippen MR) is 96.6 cm³/mol. The summed E-state index contributed by atoms with van der Waals surface area (Å²) in [5, 5.41) is 0. The lowest BCUT2D eigenvalue weighted by molar-refractivity contribution is -0.896. The number of nitrogens with one attached hydrogen (secondary N) is 2. The van der Waals surface area contributed by atoms with Crippen molar-refractivity contribution >= 4 is 26.0 Å². The maximum absolute atomic E-state index is 12.6. The van der Waals surface area contributed by atoms with Crippen molar-refractivity contribution in [3.63, 3.8) is 0 Å². The van der Waals surface area contributed by atoms with E-state index in [0.29, 0.717) is 10.2 Å². The number of halogens is 1. The van der Waals surface area contributed by atoms with E-state index in [1.807, 2.05) is 6.92 Å². The van der Waals surface area contributed by atoms with Crippen LogP contribution < -0.4 is 14.4 Å². The van der Waals surface area contributed by atoms with E-state index in [-0.39, 0.29) is 10.9 Å². The first kappa shape index (κ1) is 20.4. The van der Waals surface area contributed by atoms with Crippen molar-refractivity contribution in [3.8, 4) is 5.75 Å². The van der Waals surface area contributed by atoms with E-state index in [4.69, 9.17) is 4.74 Å². The van der Waals surface area contributed by atoms with Crippen LogP contribution in [-0.4, -0.2) is 41.2 Å². The van der Waals surface area contributed by atoms with Gasteiger partial charge in [0.15, 0.2) is 0 Å². The smallest absolute Gasteiger partial charge is 0.244 e. The Kier molecular flexibility index (Phi) is 8.53. The molecule has 1 aromatic carbocycles. The molecule has 23 heavy (non-hydrogen) atoms. The maximum Gasteiger partial charge on any atom is 0.244 e. The Morgan fingerprint density at radius 1 is 1.30 bits per heavy atom. The third-order valence-corrected chi connectivity index (χ3v) is 6.04. The van der Waals surface area contributed by atoms with Crippen LogP contribution in [0.3, 0.4) is 0 Å². The summed E-state index contributed by atoms with van der Waals surface area (Å²) >= 11 is 3.31. The SMILES string of the molecule is CC[NH+](CC)CCC[C@H](C)NS(=O)(=O)c1cc(Br)ccc1OC. The van der Waals surface area contributed by atoms with Gasteiger partial charge < -0.3 is 9.64 Å². The standard InChI is InChI=1S/C16H27BrN2O3S/c1-5-19(6-2)11-7-8-13(3)18-23(20,21)16-12-14(17)9-10-15(16)22-4/h9-10,12-13,18H,5-8,11H2,1-4H3/p+1/t13-/m0/s1. The van der Waals surface area contributed by atoms with Crippen molar-refractivity contribution in [3.05, 3.63) is 22.7 Å².